The summed E-state index contributed by atoms with van der Waals surface area (Å²) in [6.45, 7) is 5.97. The highest BCUT2D eigenvalue weighted by Crippen LogP contribution is 2.26. The van der Waals surface area contributed by atoms with E-state index in [1.165, 1.54) is 7.11 Å². The third-order valence-electron chi connectivity index (χ3n) is 2.56. The molecule has 0 aliphatic carbocycles. The summed E-state index contributed by atoms with van der Waals surface area (Å²) in [6, 6.07) is 9.95. The van der Waals surface area contributed by atoms with Gasteiger partial charge >= 0.3 is 5.97 Å². The van der Waals surface area contributed by atoms with Crippen molar-refractivity contribution in [3.05, 3.63) is 41.5 Å². The van der Waals surface area contributed by atoms with E-state index in [0.29, 0.717) is 11.5 Å². The molecule has 16 heavy (non-hydrogen) atoms. The Morgan fingerprint density at radius 1 is 1.19 bits per heavy atom. The molecular weight excluding hydrogens is 200 g/mol. The summed E-state index contributed by atoms with van der Waals surface area (Å²) in [5.41, 5.74) is 2.82. The zero-order valence-corrected chi connectivity index (χ0v) is 10.3. The van der Waals surface area contributed by atoms with Gasteiger partial charge in [-0.2, -0.15) is 0 Å². The van der Waals surface area contributed by atoms with E-state index in [4.69, 9.17) is 4.74 Å². The monoisotopic (exact) mass is 218 g/mol. The second kappa shape index (κ2) is 5.50. The summed E-state index contributed by atoms with van der Waals surface area (Å²) < 4.78 is 4.77. The van der Waals surface area contributed by atoms with Gasteiger partial charge in [-0.3, -0.25) is 0 Å². The average molecular weight is 218 g/mol. The number of benzene rings is 1. The second-order valence-corrected chi connectivity index (χ2v) is 4.05. The number of carbonyl (C=O) groups is 1. The summed E-state index contributed by atoms with van der Waals surface area (Å²) in [4.78, 5) is 11.6. The SMILES string of the molecule is COC(=O)/C(C)=C(/c1ccccc1)C(C)C. The minimum atomic E-state index is -0.257. The van der Waals surface area contributed by atoms with Gasteiger partial charge in [-0.25, -0.2) is 4.79 Å². The van der Waals surface area contributed by atoms with Crippen molar-refractivity contribution in [3.8, 4) is 0 Å². The molecular formula is C14H18O2. The van der Waals surface area contributed by atoms with E-state index in [0.717, 1.165) is 11.1 Å². The molecule has 0 atom stereocenters. The van der Waals surface area contributed by atoms with Crippen molar-refractivity contribution in [2.24, 2.45) is 5.92 Å². The normalized spacial score (nSPS) is 12.3. The van der Waals surface area contributed by atoms with E-state index in [1.807, 2.05) is 37.3 Å². The van der Waals surface area contributed by atoms with Gasteiger partial charge in [-0.15, -0.1) is 0 Å². The zero-order valence-electron chi connectivity index (χ0n) is 10.3. The van der Waals surface area contributed by atoms with Gasteiger partial charge in [0, 0.05) is 5.57 Å². The molecule has 0 amide bonds. The molecule has 0 fully saturated rings. The predicted octanol–water partition coefficient (Wildman–Crippen LogP) is 3.29. The van der Waals surface area contributed by atoms with Gasteiger partial charge in [-0.05, 0) is 24.0 Å². The first-order valence-corrected chi connectivity index (χ1v) is 5.42. The number of esters is 1. The van der Waals surface area contributed by atoms with Crippen LogP contribution < -0.4 is 0 Å². The third-order valence-corrected chi connectivity index (χ3v) is 2.56. The van der Waals surface area contributed by atoms with Gasteiger partial charge in [0.2, 0.25) is 0 Å². The molecule has 2 nitrogen and oxygen atoms in total. The number of carbonyl (C=O) groups excluding carboxylic acids is 1. The van der Waals surface area contributed by atoms with Crippen LogP contribution in [0, 0.1) is 5.92 Å². The van der Waals surface area contributed by atoms with Crippen LogP contribution in [-0.2, 0) is 9.53 Å². The summed E-state index contributed by atoms with van der Waals surface area (Å²) in [6.07, 6.45) is 0. The lowest BCUT2D eigenvalue weighted by molar-refractivity contribution is -0.136. The Labute approximate surface area is 96.9 Å². The Morgan fingerprint density at radius 2 is 1.75 bits per heavy atom. The van der Waals surface area contributed by atoms with Crippen LogP contribution in [0.1, 0.15) is 26.3 Å². The third kappa shape index (κ3) is 2.72. The van der Waals surface area contributed by atoms with Gasteiger partial charge in [-0.1, -0.05) is 44.2 Å². The number of hydrogen-bond acceptors (Lipinski definition) is 2. The number of rotatable bonds is 3. The molecule has 0 aromatic heterocycles. The van der Waals surface area contributed by atoms with E-state index < -0.39 is 0 Å². The molecule has 0 radical (unpaired) electrons. The maximum absolute atomic E-state index is 11.6. The van der Waals surface area contributed by atoms with Crippen molar-refractivity contribution < 1.29 is 9.53 Å². The molecule has 0 saturated heterocycles. The minimum absolute atomic E-state index is 0.257. The Hall–Kier alpha value is -1.57. The van der Waals surface area contributed by atoms with E-state index in [1.54, 1.807) is 0 Å². The molecule has 1 aromatic carbocycles. The van der Waals surface area contributed by atoms with E-state index in [2.05, 4.69) is 13.8 Å². The van der Waals surface area contributed by atoms with E-state index in [-0.39, 0.29) is 5.97 Å². The van der Waals surface area contributed by atoms with Crippen LogP contribution in [0.2, 0.25) is 0 Å². The lowest BCUT2D eigenvalue weighted by atomic mass is 9.91. The van der Waals surface area contributed by atoms with Crippen LogP contribution in [0.25, 0.3) is 5.57 Å². The maximum Gasteiger partial charge on any atom is 0.333 e. The molecule has 2 heteroatoms. The zero-order chi connectivity index (χ0) is 12.1. The Balaban J connectivity index is 3.25. The van der Waals surface area contributed by atoms with E-state index in [9.17, 15) is 4.79 Å². The standard InChI is InChI=1S/C14H18O2/c1-10(2)13(11(3)14(15)16-4)12-8-6-5-7-9-12/h5-10H,1-4H3/b13-11+. The number of allylic oxidation sites excluding steroid dienone is 1. The number of hydrogen-bond donors (Lipinski definition) is 0. The Morgan fingerprint density at radius 3 is 2.19 bits per heavy atom. The fraction of sp³-hybridized carbons (Fsp3) is 0.357. The van der Waals surface area contributed by atoms with Crippen molar-refractivity contribution in [1.82, 2.24) is 0 Å². The van der Waals surface area contributed by atoms with Crippen LogP contribution in [0.3, 0.4) is 0 Å². The maximum atomic E-state index is 11.6. The molecule has 1 aromatic rings. The second-order valence-electron chi connectivity index (χ2n) is 4.05. The fourth-order valence-electron chi connectivity index (χ4n) is 1.86. The van der Waals surface area contributed by atoms with Gasteiger partial charge in [0.1, 0.15) is 0 Å². The van der Waals surface area contributed by atoms with Gasteiger partial charge in [0.25, 0.3) is 0 Å². The smallest absolute Gasteiger partial charge is 0.333 e. The first kappa shape index (κ1) is 12.5. The lowest BCUT2D eigenvalue weighted by Crippen LogP contribution is -2.07. The number of methoxy groups -OCH3 is 1. The highest BCUT2D eigenvalue weighted by atomic mass is 16.5. The molecule has 1 rings (SSSR count). The quantitative estimate of drug-likeness (QED) is 0.575. The van der Waals surface area contributed by atoms with Crippen molar-refractivity contribution in [2.45, 2.75) is 20.8 Å². The Kier molecular flexibility index (Phi) is 4.29. The molecule has 0 saturated carbocycles. The van der Waals surface area contributed by atoms with Crippen molar-refractivity contribution >= 4 is 11.5 Å². The van der Waals surface area contributed by atoms with E-state index >= 15 is 0 Å². The largest absolute Gasteiger partial charge is 0.466 e. The Bertz CT molecular complexity index is 388. The van der Waals surface area contributed by atoms with Crippen LogP contribution >= 0.6 is 0 Å². The summed E-state index contributed by atoms with van der Waals surface area (Å²) in [5, 5.41) is 0. The van der Waals surface area contributed by atoms with Crippen molar-refractivity contribution in [2.75, 3.05) is 7.11 Å². The van der Waals surface area contributed by atoms with Gasteiger partial charge < -0.3 is 4.74 Å². The lowest BCUT2D eigenvalue weighted by Gasteiger charge is -2.15. The first-order valence-electron chi connectivity index (χ1n) is 5.42. The fourth-order valence-corrected chi connectivity index (χ4v) is 1.86. The summed E-state index contributed by atoms with van der Waals surface area (Å²) in [5.74, 6) is 0.0362. The topological polar surface area (TPSA) is 26.3 Å². The molecule has 0 spiro atoms. The van der Waals surface area contributed by atoms with Crippen LogP contribution in [-0.4, -0.2) is 13.1 Å². The van der Waals surface area contributed by atoms with Crippen molar-refractivity contribution in [3.63, 3.8) is 0 Å². The van der Waals surface area contributed by atoms with Crippen molar-refractivity contribution in [1.29, 1.82) is 0 Å². The molecule has 86 valence electrons. The molecule has 0 bridgehead atoms. The predicted molar refractivity (Wildman–Crippen MR) is 65.9 cm³/mol. The molecule has 0 unspecified atom stereocenters. The summed E-state index contributed by atoms with van der Waals surface area (Å²) in [7, 11) is 1.41. The van der Waals surface area contributed by atoms with Gasteiger partial charge in [0.05, 0.1) is 7.11 Å². The molecule has 0 heterocycles. The molecule has 0 aliphatic rings. The van der Waals surface area contributed by atoms with Crippen LogP contribution in [0.5, 0.6) is 0 Å². The highest BCUT2D eigenvalue weighted by molar-refractivity contribution is 5.97. The van der Waals surface area contributed by atoms with Gasteiger partial charge in [0.15, 0.2) is 0 Å². The summed E-state index contributed by atoms with van der Waals surface area (Å²) >= 11 is 0. The highest BCUT2D eigenvalue weighted by Gasteiger charge is 2.15. The van der Waals surface area contributed by atoms with Crippen LogP contribution in [0.15, 0.2) is 35.9 Å². The number of ether oxygens (including phenoxy) is 1. The molecule has 0 N–H and O–H groups in total. The molecule has 0 aliphatic heterocycles. The average Bonchev–Trinajstić information content (AvgIpc) is 2.29. The first-order chi connectivity index (χ1) is 7.57. The minimum Gasteiger partial charge on any atom is -0.466 e. The van der Waals surface area contributed by atoms with Crippen LogP contribution in [0.4, 0.5) is 0 Å².